The lowest BCUT2D eigenvalue weighted by Crippen LogP contribution is -2.22. The fraction of sp³-hybridized carbons (Fsp3) is 0.643. The van der Waals surface area contributed by atoms with Crippen LogP contribution in [0.5, 0.6) is 0 Å². The Labute approximate surface area is 109 Å². The number of pyridine rings is 1. The quantitative estimate of drug-likeness (QED) is 0.832. The van der Waals surface area contributed by atoms with Crippen LogP contribution in [0.4, 0.5) is 5.82 Å². The molecule has 18 heavy (non-hydrogen) atoms. The van der Waals surface area contributed by atoms with Crippen LogP contribution < -0.4 is 10.2 Å². The average Bonchev–Trinajstić information content (AvgIpc) is 2.86. The van der Waals surface area contributed by atoms with Crippen molar-refractivity contribution in [3.63, 3.8) is 0 Å². The van der Waals surface area contributed by atoms with Crippen LogP contribution in [-0.2, 0) is 11.3 Å². The summed E-state index contributed by atoms with van der Waals surface area (Å²) in [5.74, 6) is 1.75. The van der Waals surface area contributed by atoms with Crippen molar-refractivity contribution in [3.8, 4) is 0 Å². The molecule has 0 amide bonds. The van der Waals surface area contributed by atoms with Gasteiger partial charge in [-0.15, -0.1) is 0 Å². The minimum atomic E-state index is 0.647. The average molecular weight is 249 g/mol. The van der Waals surface area contributed by atoms with Crippen LogP contribution in [0.3, 0.4) is 0 Å². The van der Waals surface area contributed by atoms with Gasteiger partial charge >= 0.3 is 0 Å². The second-order valence-corrected chi connectivity index (χ2v) is 4.86. The van der Waals surface area contributed by atoms with E-state index in [0.717, 1.165) is 38.6 Å². The summed E-state index contributed by atoms with van der Waals surface area (Å²) in [6, 6.07) is 4.27. The Kier molecular flexibility index (Phi) is 4.96. The highest BCUT2D eigenvalue weighted by molar-refractivity contribution is 5.42. The third kappa shape index (κ3) is 3.43. The highest BCUT2D eigenvalue weighted by Gasteiger charge is 2.23. The molecule has 100 valence electrons. The molecule has 0 aliphatic carbocycles. The first-order valence-electron chi connectivity index (χ1n) is 6.73. The SMILES string of the molecule is CCNCc1ccnc(N2CCC(COC)C2)c1. The van der Waals surface area contributed by atoms with Crippen molar-refractivity contribution in [3.05, 3.63) is 23.9 Å². The molecule has 4 heteroatoms. The normalized spacial score (nSPS) is 19.4. The van der Waals surface area contributed by atoms with Gasteiger partial charge in [0.15, 0.2) is 0 Å². The number of hydrogen-bond acceptors (Lipinski definition) is 4. The Hall–Kier alpha value is -1.13. The van der Waals surface area contributed by atoms with Gasteiger partial charge in [0, 0.05) is 38.9 Å². The van der Waals surface area contributed by atoms with Crippen LogP contribution in [0, 0.1) is 5.92 Å². The second kappa shape index (κ2) is 6.71. The highest BCUT2D eigenvalue weighted by atomic mass is 16.5. The van der Waals surface area contributed by atoms with Gasteiger partial charge in [-0.3, -0.25) is 0 Å². The molecular weight excluding hydrogens is 226 g/mol. The highest BCUT2D eigenvalue weighted by Crippen LogP contribution is 2.22. The molecule has 0 saturated carbocycles. The Morgan fingerprint density at radius 2 is 2.44 bits per heavy atom. The molecule has 1 atom stereocenters. The van der Waals surface area contributed by atoms with Crippen molar-refractivity contribution in [1.29, 1.82) is 0 Å². The lowest BCUT2D eigenvalue weighted by Gasteiger charge is -2.18. The fourth-order valence-electron chi connectivity index (χ4n) is 2.43. The molecule has 1 fully saturated rings. The molecule has 0 radical (unpaired) electrons. The first-order chi connectivity index (χ1) is 8.83. The van der Waals surface area contributed by atoms with Gasteiger partial charge in [-0.1, -0.05) is 6.92 Å². The molecule has 2 rings (SSSR count). The van der Waals surface area contributed by atoms with Gasteiger partial charge in [0.1, 0.15) is 5.82 Å². The number of rotatable bonds is 6. The van der Waals surface area contributed by atoms with E-state index < -0.39 is 0 Å². The van der Waals surface area contributed by atoms with Gasteiger partial charge < -0.3 is 15.0 Å². The van der Waals surface area contributed by atoms with Crippen LogP contribution in [0.15, 0.2) is 18.3 Å². The first-order valence-corrected chi connectivity index (χ1v) is 6.73. The molecule has 1 N–H and O–H groups in total. The second-order valence-electron chi connectivity index (χ2n) is 4.86. The van der Waals surface area contributed by atoms with Crippen LogP contribution in [-0.4, -0.2) is 38.3 Å². The zero-order valence-electron chi connectivity index (χ0n) is 11.4. The van der Waals surface area contributed by atoms with Gasteiger partial charge in [-0.2, -0.15) is 0 Å². The Balaban J connectivity index is 1.96. The summed E-state index contributed by atoms with van der Waals surface area (Å²) in [5, 5.41) is 3.35. The molecule has 1 aliphatic heterocycles. The van der Waals surface area contributed by atoms with E-state index in [-0.39, 0.29) is 0 Å². The zero-order valence-corrected chi connectivity index (χ0v) is 11.4. The number of aromatic nitrogens is 1. The summed E-state index contributed by atoms with van der Waals surface area (Å²) < 4.78 is 5.23. The molecule has 0 aromatic carbocycles. The van der Waals surface area contributed by atoms with E-state index in [9.17, 15) is 0 Å². The summed E-state index contributed by atoms with van der Waals surface area (Å²) in [5.41, 5.74) is 1.30. The largest absolute Gasteiger partial charge is 0.384 e. The molecular formula is C14H23N3O. The van der Waals surface area contributed by atoms with Gasteiger partial charge in [0.05, 0.1) is 6.61 Å². The molecule has 1 aliphatic rings. The van der Waals surface area contributed by atoms with E-state index in [4.69, 9.17) is 4.74 Å². The number of hydrogen-bond donors (Lipinski definition) is 1. The number of nitrogens with one attached hydrogen (secondary N) is 1. The molecule has 1 saturated heterocycles. The van der Waals surface area contributed by atoms with E-state index in [1.807, 2.05) is 6.20 Å². The van der Waals surface area contributed by atoms with E-state index in [1.54, 1.807) is 7.11 Å². The molecule has 4 nitrogen and oxygen atoms in total. The van der Waals surface area contributed by atoms with Crippen LogP contribution in [0.1, 0.15) is 18.9 Å². The van der Waals surface area contributed by atoms with Crippen molar-refractivity contribution in [2.75, 3.05) is 38.3 Å². The standard InChI is InChI=1S/C14H23N3O/c1-3-15-9-12-4-6-16-14(8-12)17-7-5-13(10-17)11-18-2/h4,6,8,13,15H,3,5,7,9-11H2,1-2H3. The minimum absolute atomic E-state index is 0.647. The summed E-state index contributed by atoms with van der Waals surface area (Å²) in [6.07, 6.45) is 3.11. The van der Waals surface area contributed by atoms with Crippen molar-refractivity contribution in [2.45, 2.75) is 19.9 Å². The maximum absolute atomic E-state index is 5.23. The lowest BCUT2D eigenvalue weighted by atomic mass is 10.1. The predicted octanol–water partition coefficient (Wildman–Crippen LogP) is 1.66. The van der Waals surface area contributed by atoms with Gasteiger partial charge in [-0.05, 0) is 30.7 Å². The van der Waals surface area contributed by atoms with E-state index in [2.05, 4.69) is 34.3 Å². The molecule has 1 aromatic heterocycles. The number of anilines is 1. The van der Waals surface area contributed by atoms with E-state index in [1.165, 1.54) is 12.0 Å². The zero-order chi connectivity index (χ0) is 12.8. The minimum Gasteiger partial charge on any atom is -0.384 e. The summed E-state index contributed by atoms with van der Waals surface area (Å²) >= 11 is 0. The topological polar surface area (TPSA) is 37.4 Å². The van der Waals surface area contributed by atoms with Crippen LogP contribution >= 0.6 is 0 Å². The van der Waals surface area contributed by atoms with Crippen LogP contribution in [0.2, 0.25) is 0 Å². The van der Waals surface area contributed by atoms with Gasteiger partial charge in [0.2, 0.25) is 0 Å². The Morgan fingerprint density at radius 3 is 3.22 bits per heavy atom. The number of methoxy groups -OCH3 is 1. The smallest absolute Gasteiger partial charge is 0.128 e. The monoisotopic (exact) mass is 249 g/mol. The molecule has 2 heterocycles. The molecule has 1 unspecified atom stereocenters. The van der Waals surface area contributed by atoms with E-state index >= 15 is 0 Å². The fourth-order valence-corrected chi connectivity index (χ4v) is 2.43. The van der Waals surface area contributed by atoms with Crippen LogP contribution in [0.25, 0.3) is 0 Å². The molecule has 0 spiro atoms. The third-order valence-corrected chi connectivity index (χ3v) is 3.40. The number of nitrogens with zero attached hydrogens (tertiary/aromatic N) is 2. The van der Waals surface area contributed by atoms with Crippen molar-refractivity contribution in [2.24, 2.45) is 5.92 Å². The molecule has 1 aromatic rings. The maximum atomic E-state index is 5.23. The first kappa shape index (κ1) is 13.3. The van der Waals surface area contributed by atoms with Crippen molar-refractivity contribution in [1.82, 2.24) is 10.3 Å². The van der Waals surface area contributed by atoms with Gasteiger partial charge in [-0.25, -0.2) is 4.98 Å². The van der Waals surface area contributed by atoms with Crippen molar-refractivity contribution >= 4 is 5.82 Å². The van der Waals surface area contributed by atoms with E-state index in [0.29, 0.717) is 5.92 Å². The number of ether oxygens (including phenoxy) is 1. The van der Waals surface area contributed by atoms with Crippen molar-refractivity contribution < 1.29 is 4.74 Å². The predicted molar refractivity (Wildman–Crippen MR) is 73.8 cm³/mol. The summed E-state index contributed by atoms with van der Waals surface area (Å²) in [6.45, 7) is 7.04. The Morgan fingerprint density at radius 1 is 1.56 bits per heavy atom. The summed E-state index contributed by atoms with van der Waals surface area (Å²) in [7, 11) is 1.78. The lowest BCUT2D eigenvalue weighted by molar-refractivity contribution is 0.161. The Bertz CT molecular complexity index is 370. The molecule has 0 bridgehead atoms. The van der Waals surface area contributed by atoms with Gasteiger partial charge in [0.25, 0.3) is 0 Å². The summed E-state index contributed by atoms with van der Waals surface area (Å²) in [4.78, 5) is 6.84. The maximum Gasteiger partial charge on any atom is 0.128 e. The third-order valence-electron chi connectivity index (χ3n) is 3.40.